The van der Waals surface area contributed by atoms with Crippen LogP contribution in [0.15, 0.2) is 24.3 Å². The predicted molar refractivity (Wildman–Crippen MR) is 123 cm³/mol. The van der Waals surface area contributed by atoms with Gasteiger partial charge in [0.25, 0.3) is 16.0 Å². The van der Waals surface area contributed by atoms with Crippen molar-refractivity contribution in [2.24, 2.45) is 5.92 Å². The molecule has 1 aromatic carbocycles. The lowest BCUT2D eigenvalue weighted by Crippen LogP contribution is -2.28. The molecule has 0 aromatic heterocycles. The van der Waals surface area contributed by atoms with Crippen LogP contribution >= 0.6 is 0 Å². The van der Waals surface area contributed by atoms with Gasteiger partial charge in [-0.1, -0.05) is 70.6 Å². The van der Waals surface area contributed by atoms with Gasteiger partial charge in [0.05, 0.1) is 5.75 Å². The summed E-state index contributed by atoms with van der Waals surface area (Å²) in [6.07, 6.45) is 16.5. The Bertz CT molecular complexity index is 713. The molecule has 0 saturated heterocycles. The lowest BCUT2D eigenvalue weighted by Gasteiger charge is -2.21. The monoisotopic (exact) mass is 438 g/mol. The normalized spacial score (nSPS) is 15.1. The number of carbonyl (C=O) groups excluding carboxylic acids is 1. The molecule has 0 radical (unpaired) electrons. The average molecular weight is 439 g/mol. The van der Waals surface area contributed by atoms with E-state index in [1.807, 2.05) is 12.1 Å². The molecule has 0 spiro atoms. The SMILES string of the molecule is O=C(NCCS(=O)(=O)O)c1ccc(NCCCCCCCCC2CCCCC2)cc1. The van der Waals surface area contributed by atoms with Crippen LogP contribution < -0.4 is 10.6 Å². The second-order valence-corrected chi connectivity index (χ2v) is 10.0. The van der Waals surface area contributed by atoms with Crippen molar-refractivity contribution < 1.29 is 17.8 Å². The molecule has 7 heteroatoms. The molecule has 0 heterocycles. The maximum Gasteiger partial charge on any atom is 0.266 e. The molecule has 0 atom stereocenters. The highest BCUT2D eigenvalue weighted by Gasteiger charge is 2.12. The molecule has 30 heavy (non-hydrogen) atoms. The zero-order valence-electron chi connectivity index (χ0n) is 18.1. The highest BCUT2D eigenvalue weighted by molar-refractivity contribution is 7.85. The molecule has 6 nitrogen and oxygen atoms in total. The Labute approximate surface area is 182 Å². The Morgan fingerprint density at radius 1 is 0.900 bits per heavy atom. The molecule has 170 valence electrons. The van der Waals surface area contributed by atoms with Crippen molar-refractivity contribution in [2.45, 2.75) is 77.0 Å². The Kier molecular flexibility index (Phi) is 11.2. The summed E-state index contributed by atoms with van der Waals surface area (Å²) in [4.78, 5) is 11.9. The fourth-order valence-corrected chi connectivity index (χ4v) is 4.47. The number of hydrogen-bond donors (Lipinski definition) is 3. The Hall–Kier alpha value is -1.60. The summed E-state index contributed by atoms with van der Waals surface area (Å²) < 4.78 is 30.0. The molecular formula is C23H38N2O4S. The van der Waals surface area contributed by atoms with Crippen molar-refractivity contribution >= 4 is 21.7 Å². The average Bonchev–Trinajstić information content (AvgIpc) is 2.72. The lowest BCUT2D eigenvalue weighted by atomic mass is 9.85. The van der Waals surface area contributed by atoms with E-state index in [1.165, 1.54) is 70.6 Å². The number of rotatable bonds is 14. The quantitative estimate of drug-likeness (QED) is 0.280. The Morgan fingerprint density at radius 2 is 1.53 bits per heavy atom. The standard InChI is InChI=1S/C23H38N2O4S/c26-23(25-18-19-30(27,28)29)21-13-15-22(16-14-21)24-17-9-4-2-1-3-6-10-20-11-7-5-8-12-20/h13-16,20,24H,1-12,17-19H2,(H,25,26)(H,27,28,29). The van der Waals surface area contributed by atoms with Crippen molar-refractivity contribution in [3.8, 4) is 0 Å². The summed E-state index contributed by atoms with van der Waals surface area (Å²) in [5.74, 6) is 0.171. The van der Waals surface area contributed by atoms with E-state index in [1.54, 1.807) is 12.1 Å². The van der Waals surface area contributed by atoms with Gasteiger partial charge in [-0.05, 0) is 36.6 Å². The Balaban J connectivity index is 1.48. The van der Waals surface area contributed by atoms with E-state index in [0.29, 0.717) is 5.56 Å². The Morgan fingerprint density at radius 3 is 2.20 bits per heavy atom. The van der Waals surface area contributed by atoms with E-state index in [4.69, 9.17) is 4.55 Å². The minimum atomic E-state index is -4.06. The van der Waals surface area contributed by atoms with Crippen LogP contribution in [0, 0.1) is 5.92 Å². The van der Waals surface area contributed by atoms with Gasteiger partial charge in [-0.25, -0.2) is 0 Å². The summed E-state index contributed by atoms with van der Waals surface area (Å²) in [7, 11) is -4.06. The summed E-state index contributed by atoms with van der Waals surface area (Å²) in [5, 5.41) is 5.85. The van der Waals surface area contributed by atoms with Crippen LogP contribution in [0.3, 0.4) is 0 Å². The summed E-state index contributed by atoms with van der Waals surface area (Å²) in [6.45, 7) is 0.806. The van der Waals surface area contributed by atoms with Gasteiger partial charge in [0, 0.05) is 24.3 Å². The zero-order valence-corrected chi connectivity index (χ0v) is 18.9. The fraction of sp³-hybridized carbons (Fsp3) is 0.696. The first kappa shape index (κ1) is 24.7. The number of unbranched alkanes of at least 4 members (excludes halogenated alkanes) is 5. The van der Waals surface area contributed by atoms with Gasteiger partial charge in [0.15, 0.2) is 0 Å². The lowest BCUT2D eigenvalue weighted by molar-refractivity contribution is 0.0956. The van der Waals surface area contributed by atoms with E-state index in [9.17, 15) is 13.2 Å². The minimum absolute atomic E-state index is 0.113. The van der Waals surface area contributed by atoms with Crippen molar-refractivity contribution in [3.63, 3.8) is 0 Å². The van der Waals surface area contributed by atoms with E-state index >= 15 is 0 Å². The number of benzene rings is 1. The van der Waals surface area contributed by atoms with E-state index in [0.717, 1.165) is 24.6 Å². The van der Waals surface area contributed by atoms with Crippen LogP contribution in [0.4, 0.5) is 5.69 Å². The fourth-order valence-electron chi connectivity index (χ4n) is 4.11. The number of anilines is 1. The second-order valence-electron chi connectivity index (χ2n) is 8.46. The number of hydrogen-bond acceptors (Lipinski definition) is 4. The summed E-state index contributed by atoms with van der Waals surface area (Å²) in [5.41, 5.74) is 1.43. The first-order valence-corrected chi connectivity index (χ1v) is 13.1. The molecule has 1 aliphatic rings. The van der Waals surface area contributed by atoms with E-state index in [-0.39, 0.29) is 12.5 Å². The summed E-state index contributed by atoms with van der Waals surface area (Å²) in [6, 6.07) is 7.11. The van der Waals surface area contributed by atoms with Gasteiger partial charge in [-0.3, -0.25) is 9.35 Å². The number of nitrogens with one attached hydrogen (secondary N) is 2. The third-order valence-electron chi connectivity index (χ3n) is 5.89. The van der Waals surface area contributed by atoms with Gasteiger partial charge < -0.3 is 10.6 Å². The van der Waals surface area contributed by atoms with E-state index < -0.39 is 15.9 Å². The molecule has 1 fully saturated rings. The highest BCUT2D eigenvalue weighted by atomic mass is 32.2. The first-order chi connectivity index (χ1) is 14.4. The van der Waals surface area contributed by atoms with Crippen molar-refractivity contribution in [1.82, 2.24) is 5.32 Å². The number of carbonyl (C=O) groups is 1. The van der Waals surface area contributed by atoms with Crippen molar-refractivity contribution in [1.29, 1.82) is 0 Å². The zero-order chi connectivity index (χ0) is 21.7. The van der Waals surface area contributed by atoms with Crippen LogP contribution in [0.5, 0.6) is 0 Å². The third kappa shape index (κ3) is 11.0. The maximum atomic E-state index is 11.9. The molecule has 0 unspecified atom stereocenters. The van der Waals surface area contributed by atoms with Gasteiger partial charge in [0.2, 0.25) is 0 Å². The first-order valence-electron chi connectivity index (χ1n) is 11.5. The largest absolute Gasteiger partial charge is 0.385 e. The third-order valence-corrected chi connectivity index (χ3v) is 6.61. The molecule has 1 aliphatic carbocycles. The van der Waals surface area contributed by atoms with Crippen molar-refractivity contribution in [2.75, 3.05) is 24.2 Å². The van der Waals surface area contributed by atoms with Crippen LogP contribution in [-0.4, -0.2) is 37.7 Å². The second kappa shape index (κ2) is 13.7. The van der Waals surface area contributed by atoms with Crippen LogP contribution in [0.25, 0.3) is 0 Å². The molecule has 1 saturated carbocycles. The minimum Gasteiger partial charge on any atom is -0.385 e. The van der Waals surface area contributed by atoms with Crippen LogP contribution in [0.2, 0.25) is 0 Å². The molecule has 0 bridgehead atoms. The predicted octanol–water partition coefficient (Wildman–Crippen LogP) is 5.03. The van der Waals surface area contributed by atoms with Gasteiger partial charge in [-0.15, -0.1) is 0 Å². The molecule has 1 aromatic rings. The summed E-state index contributed by atoms with van der Waals surface area (Å²) >= 11 is 0. The van der Waals surface area contributed by atoms with Gasteiger partial charge in [0.1, 0.15) is 0 Å². The number of amides is 1. The topological polar surface area (TPSA) is 95.5 Å². The van der Waals surface area contributed by atoms with Crippen LogP contribution in [0.1, 0.15) is 87.4 Å². The molecule has 3 N–H and O–H groups in total. The molecule has 2 rings (SSSR count). The maximum absolute atomic E-state index is 11.9. The smallest absolute Gasteiger partial charge is 0.266 e. The molecule has 1 amide bonds. The van der Waals surface area contributed by atoms with E-state index in [2.05, 4.69) is 10.6 Å². The molecule has 0 aliphatic heterocycles. The van der Waals surface area contributed by atoms with Crippen LogP contribution in [-0.2, 0) is 10.1 Å². The molecular weight excluding hydrogens is 400 g/mol. The van der Waals surface area contributed by atoms with Crippen molar-refractivity contribution in [3.05, 3.63) is 29.8 Å². The van der Waals surface area contributed by atoms with Gasteiger partial charge in [-0.2, -0.15) is 8.42 Å². The van der Waals surface area contributed by atoms with Gasteiger partial charge >= 0.3 is 0 Å². The highest BCUT2D eigenvalue weighted by Crippen LogP contribution is 2.28.